The molecule has 1 atom stereocenters. The first-order chi connectivity index (χ1) is 14.4. The largest absolute Gasteiger partial charge is 0.479 e. The Morgan fingerprint density at radius 2 is 1.90 bits per heavy atom. The lowest BCUT2D eigenvalue weighted by Gasteiger charge is -2.41. The predicted octanol–water partition coefficient (Wildman–Crippen LogP) is 6.28. The van der Waals surface area contributed by atoms with Crippen molar-refractivity contribution in [2.24, 2.45) is 5.41 Å². The molecule has 1 aromatic carbocycles. The number of carbonyl (C=O) groups is 1. The van der Waals surface area contributed by atoms with Crippen molar-refractivity contribution >= 4 is 23.3 Å². The molecule has 0 bridgehead atoms. The second-order valence-corrected chi connectivity index (χ2v) is 10.6. The van der Waals surface area contributed by atoms with Gasteiger partial charge in [0.1, 0.15) is 0 Å². The molecule has 1 N–H and O–H groups in total. The van der Waals surface area contributed by atoms with Crippen molar-refractivity contribution in [2.75, 3.05) is 18.0 Å². The van der Waals surface area contributed by atoms with E-state index in [0.717, 1.165) is 42.7 Å². The van der Waals surface area contributed by atoms with E-state index in [9.17, 15) is 9.90 Å². The maximum absolute atomic E-state index is 12.4. The van der Waals surface area contributed by atoms with Gasteiger partial charge < -0.3 is 14.7 Å². The Bertz CT molecular complexity index is 956. The second-order valence-electron chi connectivity index (χ2n) is 10.1. The van der Waals surface area contributed by atoms with Gasteiger partial charge in [-0.05, 0) is 63.6 Å². The Labute approximate surface area is 190 Å². The number of hydrogen-bond acceptors (Lipinski definition) is 4. The number of ether oxygens (including phenoxy) is 1. The summed E-state index contributed by atoms with van der Waals surface area (Å²) >= 11 is 6.29. The fourth-order valence-electron chi connectivity index (χ4n) is 4.05. The molecule has 2 heterocycles. The minimum Gasteiger partial charge on any atom is -0.479 e. The Hall–Kier alpha value is -2.11. The zero-order chi connectivity index (χ0) is 23.0. The van der Waals surface area contributed by atoms with Gasteiger partial charge in [-0.15, -0.1) is 0 Å². The van der Waals surface area contributed by atoms with E-state index in [-0.39, 0.29) is 5.41 Å². The highest BCUT2D eigenvalue weighted by molar-refractivity contribution is 6.30. The van der Waals surface area contributed by atoms with Crippen LogP contribution >= 0.6 is 11.6 Å². The van der Waals surface area contributed by atoms with Gasteiger partial charge in [0.25, 0.3) is 0 Å². The molecule has 2 aromatic rings. The normalized spacial score (nSPS) is 17.5. The number of hydrogen-bond donors (Lipinski definition) is 1. The molecule has 1 saturated heterocycles. The number of rotatable bonds is 5. The highest BCUT2D eigenvalue weighted by Crippen LogP contribution is 2.43. The SMILES string of the molecule is Cc1ncc(-c2cccc(Cl)c2)c(N2CCC(C)(C)CC2)c1C(OC(C)(C)C)C(=O)O. The Balaban J connectivity index is 2.23. The summed E-state index contributed by atoms with van der Waals surface area (Å²) in [4.78, 5) is 19.3. The van der Waals surface area contributed by atoms with Crippen molar-refractivity contribution in [3.63, 3.8) is 0 Å². The summed E-state index contributed by atoms with van der Waals surface area (Å²) < 4.78 is 6.06. The average Bonchev–Trinajstić information content (AvgIpc) is 2.65. The van der Waals surface area contributed by atoms with Crippen LogP contribution in [0.2, 0.25) is 5.02 Å². The van der Waals surface area contributed by atoms with E-state index in [2.05, 4.69) is 23.7 Å². The molecule has 1 unspecified atom stereocenters. The highest BCUT2D eigenvalue weighted by Gasteiger charge is 2.35. The standard InChI is InChI=1S/C25H33ClN2O3/c1-16-20(22(23(29)30)31-24(2,3)4)21(28-12-10-25(5,6)11-13-28)19(15-27-16)17-8-7-9-18(26)14-17/h7-9,14-15,22H,10-13H2,1-6H3,(H,29,30). The maximum Gasteiger partial charge on any atom is 0.337 e. The van der Waals surface area contributed by atoms with Crippen molar-refractivity contribution in [2.45, 2.75) is 66.1 Å². The number of piperidine rings is 1. The van der Waals surface area contributed by atoms with Crippen molar-refractivity contribution in [1.29, 1.82) is 0 Å². The lowest BCUT2D eigenvalue weighted by molar-refractivity contribution is -0.160. The number of aliphatic carboxylic acids is 1. The molecule has 0 saturated carbocycles. The third-order valence-electron chi connectivity index (χ3n) is 5.81. The first-order valence-electron chi connectivity index (χ1n) is 10.8. The molecule has 0 radical (unpaired) electrons. The molecule has 1 aromatic heterocycles. The molecular weight excluding hydrogens is 412 g/mol. The number of aromatic nitrogens is 1. The second kappa shape index (κ2) is 8.79. The summed E-state index contributed by atoms with van der Waals surface area (Å²) in [6.45, 7) is 13.7. The van der Waals surface area contributed by atoms with Gasteiger partial charge >= 0.3 is 5.97 Å². The minimum absolute atomic E-state index is 0.267. The fourth-order valence-corrected chi connectivity index (χ4v) is 4.24. The Morgan fingerprint density at radius 3 is 2.45 bits per heavy atom. The van der Waals surface area contributed by atoms with E-state index in [1.54, 1.807) is 0 Å². The molecule has 0 amide bonds. The number of carboxylic acids is 1. The minimum atomic E-state index is -1.11. The van der Waals surface area contributed by atoms with Gasteiger partial charge in [0.15, 0.2) is 6.10 Å². The lowest BCUT2D eigenvalue weighted by Crippen LogP contribution is -2.39. The van der Waals surface area contributed by atoms with E-state index >= 15 is 0 Å². The summed E-state index contributed by atoms with van der Waals surface area (Å²) in [6, 6.07) is 7.62. The van der Waals surface area contributed by atoms with Crippen LogP contribution < -0.4 is 4.90 Å². The summed E-state index contributed by atoms with van der Waals surface area (Å²) in [7, 11) is 0. The van der Waals surface area contributed by atoms with Crippen LogP contribution in [0.4, 0.5) is 5.69 Å². The third kappa shape index (κ3) is 5.58. The van der Waals surface area contributed by atoms with Crippen molar-refractivity contribution in [3.05, 3.63) is 46.7 Å². The third-order valence-corrected chi connectivity index (χ3v) is 6.05. The number of halogens is 1. The number of benzene rings is 1. The summed E-state index contributed by atoms with van der Waals surface area (Å²) in [6.07, 6.45) is 2.77. The van der Waals surface area contributed by atoms with Crippen molar-refractivity contribution in [3.8, 4) is 11.1 Å². The summed E-state index contributed by atoms with van der Waals surface area (Å²) in [5.74, 6) is -1.01. The monoisotopic (exact) mass is 444 g/mol. The van der Waals surface area contributed by atoms with Crippen LogP contribution in [0.3, 0.4) is 0 Å². The predicted molar refractivity (Wildman–Crippen MR) is 126 cm³/mol. The van der Waals surface area contributed by atoms with E-state index < -0.39 is 17.7 Å². The maximum atomic E-state index is 12.4. The molecule has 3 rings (SSSR count). The van der Waals surface area contributed by atoms with Crippen LogP contribution in [0, 0.1) is 12.3 Å². The molecule has 1 fully saturated rings. The Kier molecular flexibility index (Phi) is 6.68. The van der Waals surface area contributed by atoms with Gasteiger partial charge in [-0.3, -0.25) is 4.98 Å². The Morgan fingerprint density at radius 1 is 1.26 bits per heavy atom. The molecular formula is C25H33ClN2O3. The van der Waals surface area contributed by atoms with E-state index in [4.69, 9.17) is 16.3 Å². The van der Waals surface area contributed by atoms with Gasteiger partial charge in [-0.25, -0.2) is 4.79 Å². The number of pyridine rings is 1. The van der Waals surface area contributed by atoms with Crippen LogP contribution in [-0.4, -0.2) is 34.8 Å². The molecule has 5 nitrogen and oxygen atoms in total. The highest BCUT2D eigenvalue weighted by atomic mass is 35.5. The number of anilines is 1. The van der Waals surface area contributed by atoms with Crippen LogP contribution in [0.15, 0.2) is 30.5 Å². The zero-order valence-electron chi connectivity index (χ0n) is 19.3. The fraction of sp³-hybridized carbons (Fsp3) is 0.520. The summed E-state index contributed by atoms with van der Waals surface area (Å²) in [5, 5.41) is 10.8. The topological polar surface area (TPSA) is 62.7 Å². The van der Waals surface area contributed by atoms with E-state index in [1.165, 1.54) is 0 Å². The van der Waals surface area contributed by atoms with Crippen LogP contribution in [0.5, 0.6) is 0 Å². The molecule has 31 heavy (non-hydrogen) atoms. The van der Waals surface area contributed by atoms with E-state index in [1.807, 2.05) is 58.2 Å². The van der Waals surface area contributed by atoms with Crippen molar-refractivity contribution in [1.82, 2.24) is 4.98 Å². The van der Waals surface area contributed by atoms with Gasteiger partial charge in [-0.1, -0.05) is 37.6 Å². The van der Waals surface area contributed by atoms with Gasteiger partial charge in [0.05, 0.1) is 11.3 Å². The van der Waals surface area contributed by atoms with Crippen LogP contribution in [-0.2, 0) is 9.53 Å². The smallest absolute Gasteiger partial charge is 0.337 e. The van der Waals surface area contributed by atoms with Gasteiger partial charge in [0, 0.05) is 41.1 Å². The number of nitrogens with zero attached hydrogens (tertiary/aromatic N) is 2. The number of carboxylic acid groups (broad SMARTS) is 1. The molecule has 168 valence electrons. The van der Waals surface area contributed by atoms with Crippen molar-refractivity contribution < 1.29 is 14.6 Å². The first-order valence-corrected chi connectivity index (χ1v) is 11.2. The number of aryl methyl sites for hydroxylation is 1. The molecule has 1 aliphatic heterocycles. The molecule has 0 spiro atoms. The lowest BCUT2D eigenvalue weighted by atomic mass is 9.82. The average molecular weight is 445 g/mol. The van der Waals surface area contributed by atoms with Crippen LogP contribution in [0.25, 0.3) is 11.1 Å². The molecule has 6 heteroatoms. The van der Waals surface area contributed by atoms with Crippen LogP contribution in [0.1, 0.15) is 64.8 Å². The molecule has 0 aliphatic carbocycles. The first kappa shape index (κ1) is 23.6. The molecule has 1 aliphatic rings. The quantitative estimate of drug-likeness (QED) is 0.588. The van der Waals surface area contributed by atoms with Gasteiger partial charge in [-0.2, -0.15) is 0 Å². The van der Waals surface area contributed by atoms with E-state index in [0.29, 0.717) is 16.3 Å². The van der Waals surface area contributed by atoms with Gasteiger partial charge in [0.2, 0.25) is 0 Å². The summed E-state index contributed by atoms with van der Waals surface area (Å²) in [5.41, 5.74) is 3.63. The zero-order valence-corrected chi connectivity index (χ0v) is 20.1.